The molecule has 0 unspecified atom stereocenters. The van der Waals surface area contributed by atoms with E-state index in [0.717, 1.165) is 4.47 Å². The number of pyridine rings is 1. The fourth-order valence-corrected chi connectivity index (χ4v) is 1.59. The highest BCUT2D eigenvalue weighted by molar-refractivity contribution is 9.10. The molecule has 0 aliphatic rings. The van der Waals surface area contributed by atoms with Crippen LogP contribution in [0.4, 0.5) is 4.39 Å². The molecule has 82 valence electrons. The molecule has 0 aliphatic carbocycles. The lowest BCUT2D eigenvalue weighted by Gasteiger charge is -2.06. The normalized spacial score (nSPS) is 10.1. The van der Waals surface area contributed by atoms with Crippen molar-refractivity contribution < 1.29 is 9.13 Å². The topological polar surface area (TPSA) is 22.1 Å². The van der Waals surface area contributed by atoms with E-state index in [1.165, 1.54) is 6.07 Å². The smallest absolute Gasteiger partial charge is 0.139 e. The lowest BCUT2D eigenvalue weighted by atomic mass is 10.2. The Morgan fingerprint density at radius 3 is 2.81 bits per heavy atom. The van der Waals surface area contributed by atoms with Crippen molar-refractivity contribution in [3.8, 4) is 5.75 Å². The molecule has 0 N–H and O–H groups in total. The Morgan fingerprint density at radius 1 is 1.25 bits per heavy atom. The summed E-state index contributed by atoms with van der Waals surface area (Å²) in [6, 6.07) is 8.33. The molecule has 1 aromatic heterocycles. The number of aromatic nitrogens is 1. The highest BCUT2D eigenvalue weighted by Crippen LogP contribution is 2.17. The standard InChI is InChI=1S/C12H9BrFNO/c13-10-5-11(7-15-6-10)16-8-9-3-1-2-4-12(9)14/h1-7H,8H2. The van der Waals surface area contributed by atoms with Crippen molar-refractivity contribution in [1.29, 1.82) is 0 Å². The maximum Gasteiger partial charge on any atom is 0.139 e. The van der Waals surface area contributed by atoms with Crippen molar-refractivity contribution in [3.05, 3.63) is 58.6 Å². The monoisotopic (exact) mass is 281 g/mol. The minimum absolute atomic E-state index is 0.199. The maximum atomic E-state index is 13.3. The number of nitrogens with zero attached hydrogens (tertiary/aromatic N) is 1. The van der Waals surface area contributed by atoms with Gasteiger partial charge in [-0.25, -0.2) is 4.39 Å². The predicted octanol–water partition coefficient (Wildman–Crippen LogP) is 3.56. The maximum absolute atomic E-state index is 13.3. The van der Waals surface area contributed by atoms with Gasteiger partial charge in [0.25, 0.3) is 0 Å². The Hall–Kier alpha value is -1.42. The van der Waals surface area contributed by atoms with Gasteiger partial charge in [-0.15, -0.1) is 0 Å². The van der Waals surface area contributed by atoms with Crippen LogP contribution in [0.3, 0.4) is 0 Å². The number of rotatable bonds is 3. The van der Waals surface area contributed by atoms with Gasteiger partial charge >= 0.3 is 0 Å². The Morgan fingerprint density at radius 2 is 2.06 bits per heavy atom. The Bertz CT molecular complexity index is 490. The zero-order valence-electron chi connectivity index (χ0n) is 8.36. The molecular weight excluding hydrogens is 273 g/mol. The van der Waals surface area contributed by atoms with Gasteiger partial charge in [0.05, 0.1) is 6.20 Å². The van der Waals surface area contributed by atoms with Crippen LogP contribution < -0.4 is 4.74 Å². The van der Waals surface area contributed by atoms with Crippen LogP contribution in [-0.2, 0) is 6.61 Å². The summed E-state index contributed by atoms with van der Waals surface area (Å²) in [7, 11) is 0. The van der Waals surface area contributed by atoms with E-state index in [-0.39, 0.29) is 12.4 Å². The Kier molecular flexibility index (Phi) is 3.51. The highest BCUT2D eigenvalue weighted by atomic mass is 79.9. The average Bonchev–Trinajstić information content (AvgIpc) is 2.28. The van der Waals surface area contributed by atoms with Crippen molar-refractivity contribution in [3.63, 3.8) is 0 Å². The summed E-state index contributed by atoms with van der Waals surface area (Å²) < 4.78 is 19.5. The number of hydrogen-bond acceptors (Lipinski definition) is 2. The van der Waals surface area contributed by atoms with E-state index in [2.05, 4.69) is 20.9 Å². The summed E-state index contributed by atoms with van der Waals surface area (Å²) in [5.74, 6) is 0.350. The van der Waals surface area contributed by atoms with E-state index in [1.807, 2.05) is 0 Å². The molecule has 2 rings (SSSR count). The zero-order valence-corrected chi connectivity index (χ0v) is 9.95. The highest BCUT2D eigenvalue weighted by Gasteiger charge is 2.02. The van der Waals surface area contributed by atoms with Gasteiger partial charge in [-0.1, -0.05) is 18.2 Å². The molecule has 0 saturated heterocycles. The van der Waals surface area contributed by atoms with Gasteiger partial charge in [0, 0.05) is 16.2 Å². The van der Waals surface area contributed by atoms with Crippen LogP contribution in [0.25, 0.3) is 0 Å². The largest absolute Gasteiger partial charge is 0.487 e. The van der Waals surface area contributed by atoms with Crippen LogP contribution in [0.1, 0.15) is 5.56 Å². The minimum atomic E-state index is -0.259. The first kappa shape index (κ1) is 11.1. The minimum Gasteiger partial charge on any atom is -0.487 e. The Labute approximate surface area is 101 Å². The molecular formula is C12H9BrFNO. The first-order valence-electron chi connectivity index (χ1n) is 4.72. The summed E-state index contributed by atoms with van der Waals surface area (Å²) in [4.78, 5) is 3.95. The van der Waals surface area contributed by atoms with E-state index in [1.54, 1.807) is 36.7 Å². The summed E-state index contributed by atoms with van der Waals surface area (Å²) in [6.07, 6.45) is 3.25. The van der Waals surface area contributed by atoms with Crippen molar-refractivity contribution in [2.75, 3.05) is 0 Å². The quantitative estimate of drug-likeness (QED) is 0.858. The molecule has 0 fully saturated rings. The summed E-state index contributed by atoms with van der Waals surface area (Å²) >= 11 is 3.29. The molecule has 16 heavy (non-hydrogen) atoms. The summed E-state index contributed by atoms with van der Waals surface area (Å²) in [6.45, 7) is 0.199. The number of benzene rings is 1. The van der Waals surface area contributed by atoms with Crippen LogP contribution in [0.5, 0.6) is 5.75 Å². The molecule has 0 amide bonds. The van der Waals surface area contributed by atoms with Crippen LogP contribution >= 0.6 is 15.9 Å². The molecule has 2 nitrogen and oxygen atoms in total. The molecule has 1 heterocycles. The second-order valence-electron chi connectivity index (χ2n) is 3.22. The van der Waals surface area contributed by atoms with Gasteiger partial charge < -0.3 is 4.74 Å². The fraction of sp³-hybridized carbons (Fsp3) is 0.0833. The first-order chi connectivity index (χ1) is 7.75. The third kappa shape index (κ3) is 2.79. The predicted molar refractivity (Wildman–Crippen MR) is 62.7 cm³/mol. The zero-order chi connectivity index (χ0) is 11.4. The van der Waals surface area contributed by atoms with Gasteiger partial charge in [-0.3, -0.25) is 4.98 Å². The van der Waals surface area contributed by atoms with Crippen LogP contribution in [-0.4, -0.2) is 4.98 Å². The second kappa shape index (κ2) is 5.07. The van der Waals surface area contributed by atoms with Crippen molar-refractivity contribution in [2.45, 2.75) is 6.61 Å². The number of halogens is 2. The van der Waals surface area contributed by atoms with Gasteiger partial charge in [-0.05, 0) is 28.1 Å². The van der Waals surface area contributed by atoms with Crippen molar-refractivity contribution in [2.24, 2.45) is 0 Å². The lowest BCUT2D eigenvalue weighted by molar-refractivity contribution is 0.298. The summed E-state index contributed by atoms with van der Waals surface area (Å²) in [5.41, 5.74) is 0.530. The van der Waals surface area contributed by atoms with Crippen molar-refractivity contribution in [1.82, 2.24) is 4.98 Å². The van der Waals surface area contributed by atoms with E-state index in [0.29, 0.717) is 11.3 Å². The van der Waals surface area contributed by atoms with Crippen LogP contribution in [0.15, 0.2) is 47.2 Å². The molecule has 0 bridgehead atoms. The van der Waals surface area contributed by atoms with Crippen LogP contribution in [0.2, 0.25) is 0 Å². The number of ether oxygens (including phenoxy) is 1. The molecule has 0 aliphatic heterocycles. The van der Waals surface area contributed by atoms with Gasteiger partial charge in [-0.2, -0.15) is 0 Å². The van der Waals surface area contributed by atoms with Crippen LogP contribution in [0, 0.1) is 5.82 Å². The van der Waals surface area contributed by atoms with E-state index >= 15 is 0 Å². The van der Waals surface area contributed by atoms with E-state index < -0.39 is 0 Å². The average molecular weight is 282 g/mol. The Balaban J connectivity index is 2.05. The molecule has 1 aromatic carbocycles. The molecule has 0 spiro atoms. The second-order valence-corrected chi connectivity index (χ2v) is 4.13. The molecule has 0 atom stereocenters. The third-order valence-corrected chi connectivity index (χ3v) is 2.47. The fourth-order valence-electron chi connectivity index (χ4n) is 1.25. The SMILES string of the molecule is Fc1ccccc1COc1cncc(Br)c1. The number of hydrogen-bond donors (Lipinski definition) is 0. The molecule has 0 saturated carbocycles. The lowest BCUT2D eigenvalue weighted by Crippen LogP contribution is -1.98. The third-order valence-electron chi connectivity index (χ3n) is 2.03. The van der Waals surface area contributed by atoms with Gasteiger partial charge in [0.2, 0.25) is 0 Å². The van der Waals surface area contributed by atoms with Crippen molar-refractivity contribution >= 4 is 15.9 Å². The van der Waals surface area contributed by atoms with E-state index in [4.69, 9.17) is 4.74 Å². The summed E-state index contributed by atoms with van der Waals surface area (Å²) in [5, 5.41) is 0. The van der Waals surface area contributed by atoms with E-state index in [9.17, 15) is 4.39 Å². The first-order valence-corrected chi connectivity index (χ1v) is 5.52. The van der Waals surface area contributed by atoms with Gasteiger partial charge in [0.15, 0.2) is 0 Å². The van der Waals surface area contributed by atoms with Gasteiger partial charge in [0.1, 0.15) is 18.2 Å². The molecule has 2 aromatic rings. The molecule has 0 radical (unpaired) electrons. The molecule has 4 heteroatoms.